The van der Waals surface area contributed by atoms with E-state index in [1.807, 2.05) is 31.4 Å². The fraction of sp³-hybridized carbons (Fsp3) is 0.167. The van der Waals surface area contributed by atoms with Crippen LogP contribution in [0.4, 0.5) is 5.69 Å². The summed E-state index contributed by atoms with van der Waals surface area (Å²) in [5.41, 5.74) is 2.57. The molecule has 0 saturated heterocycles. The molecule has 102 valence electrons. The standard InChI is InChI=1S/C12H12ClN7/c1-19-6-10(17-18-19)5-15-11-4-9(13)2-3-12(11)20-8-14-7-16-20/h2-4,6-8,15H,5H2,1H3. The molecule has 3 aromatic rings. The van der Waals surface area contributed by atoms with Gasteiger partial charge in [0.1, 0.15) is 18.3 Å². The van der Waals surface area contributed by atoms with E-state index in [9.17, 15) is 0 Å². The molecule has 1 N–H and O–H groups in total. The highest BCUT2D eigenvalue weighted by Crippen LogP contribution is 2.24. The second-order valence-electron chi connectivity index (χ2n) is 4.24. The first-order valence-corrected chi connectivity index (χ1v) is 6.34. The van der Waals surface area contributed by atoms with E-state index in [0.29, 0.717) is 11.6 Å². The number of hydrogen-bond donors (Lipinski definition) is 1. The molecule has 1 aromatic carbocycles. The summed E-state index contributed by atoms with van der Waals surface area (Å²) >= 11 is 6.05. The van der Waals surface area contributed by atoms with Crippen LogP contribution in [0, 0.1) is 0 Å². The smallest absolute Gasteiger partial charge is 0.138 e. The van der Waals surface area contributed by atoms with E-state index in [4.69, 9.17) is 11.6 Å². The first kappa shape index (κ1) is 12.6. The Kier molecular flexibility index (Phi) is 3.34. The lowest BCUT2D eigenvalue weighted by Crippen LogP contribution is -2.05. The fourth-order valence-corrected chi connectivity index (χ4v) is 2.02. The molecule has 0 saturated carbocycles. The fourth-order valence-electron chi connectivity index (χ4n) is 1.84. The Labute approximate surface area is 120 Å². The highest BCUT2D eigenvalue weighted by molar-refractivity contribution is 6.31. The zero-order valence-corrected chi connectivity index (χ0v) is 11.5. The highest BCUT2D eigenvalue weighted by atomic mass is 35.5. The number of aromatic nitrogens is 6. The Morgan fingerprint density at radius 1 is 1.35 bits per heavy atom. The lowest BCUT2D eigenvalue weighted by Gasteiger charge is -2.11. The molecule has 0 atom stereocenters. The number of halogens is 1. The second kappa shape index (κ2) is 5.30. The van der Waals surface area contributed by atoms with Crippen molar-refractivity contribution in [3.8, 4) is 5.69 Å². The Hall–Kier alpha value is -2.41. The van der Waals surface area contributed by atoms with Crippen molar-refractivity contribution >= 4 is 17.3 Å². The van der Waals surface area contributed by atoms with Gasteiger partial charge < -0.3 is 5.32 Å². The van der Waals surface area contributed by atoms with Crippen LogP contribution in [0.25, 0.3) is 5.69 Å². The van der Waals surface area contributed by atoms with Gasteiger partial charge in [-0.25, -0.2) is 9.67 Å². The molecule has 0 fully saturated rings. The van der Waals surface area contributed by atoms with Crippen molar-refractivity contribution in [2.45, 2.75) is 6.54 Å². The Morgan fingerprint density at radius 3 is 2.95 bits per heavy atom. The number of aryl methyl sites for hydroxylation is 1. The van der Waals surface area contributed by atoms with Crippen LogP contribution in [0.15, 0.2) is 37.1 Å². The third kappa shape index (κ3) is 2.62. The van der Waals surface area contributed by atoms with Gasteiger partial charge in [0.05, 0.1) is 17.9 Å². The van der Waals surface area contributed by atoms with E-state index in [-0.39, 0.29) is 0 Å². The van der Waals surface area contributed by atoms with Gasteiger partial charge in [0.2, 0.25) is 0 Å². The van der Waals surface area contributed by atoms with E-state index in [1.54, 1.807) is 15.7 Å². The lowest BCUT2D eigenvalue weighted by atomic mass is 10.2. The molecular weight excluding hydrogens is 278 g/mol. The maximum atomic E-state index is 6.05. The number of benzene rings is 1. The van der Waals surface area contributed by atoms with Gasteiger partial charge in [0.15, 0.2) is 0 Å². The number of hydrogen-bond acceptors (Lipinski definition) is 5. The lowest BCUT2D eigenvalue weighted by molar-refractivity contribution is 0.713. The van der Waals surface area contributed by atoms with E-state index < -0.39 is 0 Å². The van der Waals surface area contributed by atoms with Gasteiger partial charge in [-0.05, 0) is 18.2 Å². The monoisotopic (exact) mass is 289 g/mol. The molecule has 0 amide bonds. The summed E-state index contributed by atoms with van der Waals surface area (Å²) in [7, 11) is 1.83. The van der Waals surface area contributed by atoms with Crippen LogP contribution in [0.1, 0.15) is 5.69 Å². The zero-order chi connectivity index (χ0) is 13.9. The molecule has 2 heterocycles. The van der Waals surface area contributed by atoms with E-state index >= 15 is 0 Å². The van der Waals surface area contributed by atoms with Gasteiger partial charge in [0.25, 0.3) is 0 Å². The normalized spacial score (nSPS) is 10.7. The molecule has 0 bridgehead atoms. The topological polar surface area (TPSA) is 73.5 Å². The minimum Gasteiger partial charge on any atom is -0.377 e. The van der Waals surface area contributed by atoms with Crippen molar-refractivity contribution < 1.29 is 0 Å². The van der Waals surface area contributed by atoms with Crippen LogP contribution in [-0.4, -0.2) is 29.8 Å². The average molecular weight is 290 g/mol. The quantitative estimate of drug-likeness (QED) is 0.791. The third-order valence-electron chi connectivity index (χ3n) is 2.73. The molecule has 0 aliphatic carbocycles. The van der Waals surface area contributed by atoms with E-state index in [0.717, 1.165) is 17.1 Å². The number of anilines is 1. The Morgan fingerprint density at radius 2 is 2.25 bits per heavy atom. The molecule has 0 spiro atoms. The van der Waals surface area contributed by atoms with Gasteiger partial charge in [0, 0.05) is 18.3 Å². The van der Waals surface area contributed by atoms with E-state index in [1.165, 1.54) is 6.33 Å². The van der Waals surface area contributed by atoms with Crippen molar-refractivity contribution in [3.05, 3.63) is 47.8 Å². The number of nitrogens with one attached hydrogen (secondary N) is 1. The van der Waals surface area contributed by atoms with Gasteiger partial charge in [-0.15, -0.1) is 5.10 Å². The summed E-state index contributed by atoms with van der Waals surface area (Å²) in [6, 6.07) is 5.54. The first-order chi connectivity index (χ1) is 9.72. The minimum atomic E-state index is 0.551. The molecular formula is C12H12ClN7. The molecule has 3 rings (SSSR count). The minimum absolute atomic E-state index is 0.551. The molecule has 0 aliphatic rings. The van der Waals surface area contributed by atoms with Gasteiger partial charge >= 0.3 is 0 Å². The van der Waals surface area contributed by atoms with Crippen molar-refractivity contribution in [1.82, 2.24) is 29.8 Å². The average Bonchev–Trinajstić information content (AvgIpc) is 3.08. The van der Waals surface area contributed by atoms with Crippen LogP contribution < -0.4 is 5.32 Å². The Bertz CT molecular complexity index is 704. The van der Waals surface area contributed by atoms with Crippen molar-refractivity contribution in [1.29, 1.82) is 0 Å². The summed E-state index contributed by atoms with van der Waals surface area (Å²) in [5.74, 6) is 0. The van der Waals surface area contributed by atoms with E-state index in [2.05, 4.69) is 25.7 Å². The summed E-state index contributed by atoms with van der Waals surface area (Å²) in [6.07, 6.45) is 4.98. The maximum Gasteiger partial charge on any atom is 0.138 e. The largest absolute Gasteiger partial charge is 0.377 e. The SMILES string of the molecule is Cn1cc(CNc2cc(Cl)ccc2-n2cncn2)nn1. The highest BCUT2D eigenvalue weighted by Gasteiger charge is 2.07. The van der Waals surface area contributed by atoms with Crippen LogP contribution >= 0.6 is 11.6 Å². The summed E-state index contributed by atoms with van der Waals surface area (Å²) in [4.78, 5) is 3.95. The maximum absolute atomic E-state index is 6.05. The third-order valence-corrected chi connectivity index (χ3v) is 2.97. The molecule has 0 aliphatic heterocycles. The molecule has 0 unspecified atom stereocenters. The van der Waals surface area contributed by atoms with Gasteiger partial charge in [-0.3, -0.25) is 4.68 Å². The van der Waals surface area contributed by atoms with Crippen LogP contribution in [0.2, 0.25) is 5.02 Å². The summed E-state index contributed by atoms with van der Waals surface area (Å²) < 4.78 is 3.34. The predicted molar refractivity (Wildman–Crippen MR) is 74.7 cm³/mol. The second-order valence-corrected chi connectivity index (χ2v) is 4.68. The van der Waals surface area contributed by atoms with Crippen LogP contribution in [0.5, 0.6) is 0 Å². The molecule has 0 radical (unpaired) electrons. The first-order valence-electron chi connectivity index (χ1n) is 5.96. The van der Waals surface area contributed by atoms with Crippen LogP contribution in [-0.2, 0) is 13.6 Å². The van der Waals surface area contributed by atoms with Gasteiger partial charge in [-0.1, -0.05) is 16.8 Å². The Balaban J connectivity index is 1.86. The molecule has 2 aromatic heterocycles. The number of rotatable bonds is 4. The van der Waals surface area contributed by atoms with Crippen molar-refractivity contribution in [2.24, 2.45) is 7.05 Å². The molecule has 20 heavy (non-hydrogen) atoms. The zero-order valence-electron chi connectivity index (χ0n) is 10.7. The predicted octanol–water partition coefficient (Wildman–Crippen LogP) is 1.66. The molecule has 7 nitrogen and oxygen atoms in total. The summed E-state index contributed by atoms with van der Waals surface area (Å²) in [6.45, 7) is 0.551. The number of nitrogens with zero attached hydrogens (tertiary/aromatic N) is 6. The van der Waals surface area contributed by atoms with Gasteiger partial charge in [-0.2, -0.15) is 5.10 Å². The van der Waals surface area contributed by atoms with Crippen molar-refractivity contribution in [2.75, 3.05) is 5.32 Å². The summed E-state index contributed by atoms with van der Waals surface area (Å²) in [5, 5.41) is 16.0. The molecule has 8 heteroatoms. The van der Waals surface area contributed by atoms with Crippen molar-refractivity contribution in [3.63, 3.8) is 0 Å². The van der Waals surface area contributed by atoms with Crippen LogP contribution in [0.3, 0.4) is 0 Å².